The van der Waals surface area contributed by atoms with E-state index in [1.54, 1.807) is 0 Å². The van der Waals surface area contributed by atoms with E-state index in [0.29, 0.717) is 0 Å². The average Bonchev–Trinajstić information content (AvgIpc) is 1.51. The van der Waals surface area contributed by atoms with Gasteiger partial charge in [-0.3, -0.25) is 0 Å². The maximum absolute atomic E-state index is 2.55. The molecule has 23 rings (SSSR count). The first-order chi connectivity index (χ1) is 57.3. The summed E-state index contributed by atoms with van der Waals surface area (Å²) in [4.78, 5) is 5.02. The van der Waals surface area contributed by atoms with Gasteiger partial charge in [-0.05, 0) is 237 Å². The number of hydrogen-bond donors (Lipinski definition) is 0. The van der Waals surface area contributed by atoms with Crippen molar-refractivity contribution < 1.29 is 0 Å². The van der Waals surface area contributed by atoms with Gasteiger partial charge in [0.15, 0.2) is 0 Å². The number of thiophene rings is 1. The minimum Gasteiger partial charge on any atom is -0.310 e. The molecule has 1 aromatic heterocycles. The summed E-state index contributed by atoms with van der Waals surface area (Å²) in [6.07, 6.45) is 0. The van der Waals surface area contributed by atoms with Crippen LogP contribution in [0.1, 0.15) is 77.9 Å². The highest BCUT2D eigenvalue weighted by atomic mass is 32.1. The first kappa shape index (κ1) is 67.5. The lowest BCUT2D eigenvalue weighted by molar-refractivity contribution is 0.766. The van der Waals surface area contributed by atoms with Gasteiger partial charge in [0.25, 0.3) is 0 Å². The number of anilines is 6. The van der Waals surface area contributed by atoms with Crippen LogP contribution in [0.2, 0.25) is 0 Å². The Labute approximate surface area is 681 Å². The quantitative estimate of drug-likeness (QED) is 0.114. The molecule has 0 unspecified atom stereocenters. The average molecular weight is 1490 g/mol. The smallest absolute Gasteiger partial charge is 0.0725 e. The molecule has 0 aliphatic heterocycles. The number of hydrogen-bond acceptors (Lipinski definition) is 3. The topological polar surface area (TPSA) is 6.48 Å². The SMILES string of the molecule is Cc1ccc2c(c1)C(c1ccccc1)(c1ccccc1)c1cc(N(c3ccc(-c4ccc(N(c5ccc(-c6cccc7c6sc6ccccc67)cc5)c5ccc6c(c5)-c5ccccc5C65c6ccccc6-c6ccccc65)cc4)c(-c4ccccc4)c3)c3ccc4c(c3)C(c3ccccc3)(c3ccccc3)c3cc(C)ccc3-4)ccc1-2. The summed E-state index contributed by atoms with van der Waals surface area (Å²) in [6.45, 7) is 4.47. The Kier molecular flexibility index (Phi) is 15.4. The highest BCUT2D eigenvalue weighted by Crippen LogP contribution is 2.65. The molecule has 4 aliphatic rings. The van der Waals surface area contributed by atoms with Crippen molar-refractivity contribution >= 4 is 65.6 Å². The van der Waals surface area contributed by atoms with Gasteiger partial charge in [0.2, 0.25) is 0 Å². The van der Waals surface area contributed by atoms with E-state index in [1.807, 2.05) is 11.3 Å². The molecular formula is C113H76N2S. The molecule has 116 heavy (non-hydrogen) atoms. The van der Waals surface area contributed by atoms with Gasteiger partial charge in [-0.25, -0.2) is 0 Å². The Morgan fingerprint density at radius 1 is 0.190 bits per heavy atom. The van der Waals surface area contributed by atoms with Gasteiger partial charge in [0, 0.05) is 54.3 Å². The molecule has 0 radical (unpaired) electrons. The second kappa shape index (κ2) is 26.4. The summed E-state index contributed by atoms with van der Waals surface area (Å²) in [5.41, 5.74) is 39.4. The molecule has 0 saturated heterocycles. The lowest BCUT2D eigenvalue weighted by Gasteiger charge is -2.36. The lowest BCUT2D eigenvalue weighted by Crippen LogP contribution is -2.29. The molecule has 1 spiro atoms. The van der Waals surface area contributed by atoms with Crippen LogP contribution in [0.4, 0.5) is 34.1 Å². The highest BCUT2D eigenvalue weighted by Gasteiger charge is 2.53. The van der Waals surface area contributed by atoms with Crippen molar-refractivity contribution in [1.82, 2.24) is 0 Å². The summed E-state index contributed by atoms with van der Waals surface area (Å²) in [5.74, 6) is 0. The zero-order chi connectivity index (χ0) is 76.8. The molecule has 0 atom stereocenters. The molecule has 1 heterocycles. The predicted molar refractivity (Wildman–Crippen MR) is 485 cm³/mol. The molecule has 18 aromatic carbocycles. The van der Waals surface area contributed by atoms with Gasteiger partial charge in [-0.15, -0.1) is 11.3 Å². The fourth-order valence-electron chi connectivity index (χ4n) is 20.9. The molecule has 2 nitrogen and oxygen atoms in total. The van der Waals surface area contributed by atoms with Crippen LogP contribution < -0.4 is 9.80 Å². The van der Waals surface area contributed by atoms with E-state index in [9.17, 15) is 0 Å². The summed E-state index contributed by atoms with van der Waals surface area (Å²) < 4.78 is 2.61. The van der Waals surface area contributed by atoms with Crippen molar-refractivity contribution in [2.24, 2.45) is 0 Å². The third-order valence-electron chi connectivity index (χ3n) is 25.8. The standard InChI is InChI=1S/C113H76N2S/c1-73-47-61-93-95-64-58-86(71-107(95)111(105(93)67-73,78-29-10-4-11-30-78)79-31-12-5-13-32-79)115(87-59-65-96-94-62-48-74(2)68-106(94)112(108(96)72-87,80-33-14-6-15-34-80)81-35-16-7-17-36-81)84-57-63-88(99(69-84)75-27-8-3-9-28-75)76-49-53-82(54-50-76)114(83-55-51-77(52-56-83)89-41-26-42-98-97-40-21-25-46-109(97)116-110(89)98)85-60-66-104-100(70-85)92-39-20-24-45-103(92)113(104)101-43-22-18-37-90(101)91-38-19-23-44-102(91)113/h3-72H,1-2H3. The van der Waals surface area contributed by atoms with E-state index < -0.39 is 16.2 Å². The fourth-order valence-corrected chi connectivity index (χ4v) is 22.2. The minimum atomic E-state index is -0.641. The molecule has 0 fully saturated rings. The van der Waals surface area contributed by atoms with Crippen LogP contribution in [0, 0.1) is 13.8 Å². The van der Waals surface area contributed by atoms with E-state index in [-0.39, 0.29) is 0 Å². The van der Waals surface area contributed by atoms with Crippen LogP contribution in [0.3, 0.4) is 0 Å². The Morgan fingerprint density at radius 2 is 0.509 bits per heavy atom. The van der Waals surface area contributed by atoms with Crippen molar-refractivity contribution in [2.75, 3.05) is 9.80 Å². The summed E-state index contributed by atoms with van der Waals surface area (Å²) in [6, 6.07) is 161. The highest BCUT2D eigenvalue weighted by molar-refractivity contribution is 7.26. The maximum Gasteiger partial charge on any atom is 0.0725 e. The summed E-state index contributed by atoms with van der Waals surface area (Å²) >= 11 is 1.88. The zero-order valence-corrected chi connectivity index (χ0v) is 65.0. The number of benzene rings is 18. The normalized spacial score (nSPS) is 13.6. The molecule has 4 aliphatic carbocycles. The molecule has 544 valence electrons. The van der Waals surface area contributed by atoms with E-state index in [2.05, 4.69) is 448 Å². The molecule has 0 N–H and O–H groups in total. The van der Waals surface area contributed by atoms with Gasteiger partial charge in [-0.2, -0.15) is 0 Å². The van der Waals surface area contributed by atoms with Gasteiger partial charge in [0.1, 0.15) is 0 Å². The van der Waals surface area contributed by atoms with Crippen molar-refractivity contribution in [3.63, 3.8) is 0 Å². The van der Waals surface area contributed by atoms with E-state index in [4.69, 9.17) is 0 Å². The molecular weight excluding hydrogens is 1420 g/mol. The first-order valence-electron chi connectivity index (χ1n) is 40.4. The minimum absolute atomic E-state index is 0.463. The van der Waals surface area contributed by atoms with Crippen LogP contribution in [-0.4, -0.2) is 0 Å². The van der Waals surface area contributed by atoms with Crippen LogP contribution in [-0.2, 0) is 16.2 Å². The molecule has 19 aromatic rings. The second-order valence-electron chi connectivity index (χ2n) is 31.8. The fraction of sp³-hybridized carbons (Fsp3) is 0.0442. The second-order valence-corrected chi connectivity index (χ2v) is 32.8. The summed E-state index contributed by atoms with van der Waals surface area (Å²) in [5, 5.41) is 2.60. The molecule has 3 heteroatoms. The van der Waals surface area contributed by atoms with Crippen LogP contribution in [0.15, 0.2) is 425 Å². The molecule has 0 amide bonds. The Bertz CT molecular complexity index is 6830. The Morgan fingerprint density at radius 3 is 1.00 bits per heavy atom. The number of aryl methyl sites for hydroxylation is 2. The zero-order valence-electron chi connectivity index (χ0n) is 64.2. The largest absolute Gasteiger partial charge is 0.310 e. The number of nitrogens with zero attached hydrogens (tertiary/aromatic N) is 2. The lowest BCUT2D eigenvalue weighted by atomic mass is 9.67. The van der Waals surface area contributed by atoms with Crippen molar-refractivity contribution in [3.05, 3.63) is 503 Å². The van der Waals surface area contributed by atoms with Crippen molar-refractivity contribution in [1.29, 1.82) is 0 Å². The summed E-state index contributed by atoms with van der Waals surface area (Å²) in [7, 11) is 0. The maximum atomic E-state index is 2.55. The number of fused-ring (bicyclic) bond motifs is 19. The van der Waals surface area contributed by atoms with E-state index in [0.717, 1.165) is 56.4 Å². The van der Waals surface area contributed by atoms with Crippen LogP contribution in [0.5, 0.6) is 0 Å². The van der Waals surface area contributed by atoms with Gasteiger partial charge < -0.3 is 9.80 Å². The van der Waals surface area contributed by atoms with E-state index in [1.165, 1.54) is 154 Å². The third-order valence-corrected chi connectivity index (χ3v) is 27.0. The monoisotopic (exact) mass is 1490 g/mol. The first-order valence-corrected chi connectivity index (χ1v) is 41.2. The Balaban J connectivity index is 0.713. The van der Waals surface area contributed by atoms with Crippen molar-refractivity contribution in [3.8, 4) is 77.9 Å². The van der Waals surface area contributed by atoms with Crippen LogP contribution in [0.25, 0.3) is 98.1 Å². The van der Waals surface area contributed by atoms with Crippen molar-refractivity contribution in [2.45, 2.75) is 30.1 Å². The van der Waals surface area contributed by atoms with Gasteiger partial charge in [0.05, 0.1) is 16.2 Å². The molecule has 0 bridgehead atoms. The predicted octanol–water partition coefficient (Wildman–Crippen LogP) is 29.7. The van der Waals surface area contributed by atoms with E-state index >= 15 is 0 Å². The van der Waals surface area contributed by atoms with Gasteiger partial charge >= 0.3 is 0 Å². The third kappa shape index (κ3) is 9.89. The Hall–Kier alpha value is -14.2. The van der Waals surface area contributed by atoms with Gasteiger partial charge in [-0.1, -0.05) is 357 Å². The van der Waals surface area contributed by atoms with Crippen LogP contribution >= 0.6 is 11.3 Å². The molecule has 0 saturated carbocycles. The number of rotatable bonds is 13.